The Morgan fingerprint density at radius 1 is 1.11 bits per heavy atom. The standard InChI is InChI=1S/C23H34N2O2/c1-24(23(26)16-18-8-3-2-4-9-18)21-17-19(22-10-7-15-27-22)11-12-20(21)25-13-5-6-14-25/h2-4,8-9,19-22H,5-7,10-17H2,1H3/t19?,20-,21?,22?/m0/s1. The maximum Gasteiger partial charge on any atom is 0.227 e. The Labute approximate surface area is 163 Å². The largest absolute Gasteiger partial charge is 0.378 e. The zero-order valence-corrected chi connectivity index (χ0v) is 16.7. The molecule has 1 aliphatic carbocycles. The van der Waals surface area contributed by atoms with E-state index in [0.29, 0.717) is 30.5 Å². The second-order valence-corrected chi connectivity index (χ2v) is 8.67. The van der Waals surface area contributed by atoms with Crippen LogP contribution in [0.3, 0.4) is 0 Å². The Bertz CT molecular complexity index is 608. The lowest BCUT2D eigenvalue weighted by Gasteiger charge is -2.46. The maximum atomic E-state index is 13.1. The van der Waals surface area contributed by atoms with Gasteiger partial charge in [-0.05, 0) is 69.5 Å². The number of hydrogen-bond donors (Lipinski definition) is 0. The zero-order valence-electron chi connectivity index (χ0n) is 16.7. The van der Waals surface area contributed by atoms with Crippen molar-refractivity contribution in [3.05, 3.63) is 35.9 Å². The van der Waals surface area contributed by atoms with Crippen LogP contribution in [0, 0.1) is 5.92 Å². The number of carbonyl (C=O) groups is 1. The van der Waals surface area contributed by atoms with Gasteiger partial charge in [0, 0.05) is 25.7 Å². The quantitative estimate of drug-likeness (QED) is 0.795. The van der Waals surface area contributed by atoms with E-state index in [1.807, 2.05) is 25.2 Å². The molecule has 2 heterocycles. The van der Waals surface area contributed by atoms with Crippen molar-refractivity contribution in [2.75, 3.05) is 26.7 Å². The number of rotatable bonds is 5. The molecular formula is C23H34N2O2. The summed E-state index contributed by atoms with van der Waals surface area (Å²) in [4.78, 5) is 17.8. The van der Waals surface area contributed by atoms with Gasteiger partial charge in [-0.1, -0.05) is 30.3 Å². The van der Waals surface area contributed by atoms with Crippen molar-refractivity contribution < 1.29 is 9.53 Å². The summed E-state index contributed by atoms with van der Waals surface area (Å²) in [7, 11) is 2.04. The van der Waals surface area contributed by atoms with E-state index in [-0.39, 0.29) is 5.91 Å². The second-order valence-electron chi connectivity index (χ2n) is 8.67. The molecule has 0 aromatic heterocycles. The summed E-state index contributed by atoms with van der Waals surface area (Å²) < 4.78 is 6.02. The van der Waals surface area contributed by atoms with Gasteiger partial charge in [0.25, 0.3) is 0 Å². The predicted octanol–water partition coefficient (Wildman–Crippen LogP) is 3.50. The summed E-state index contributed by atoms with van der Waals surface area (Å²) in [6.07, 6.45) is 9.50. The molecule has 0 radical (unpaired) electrons. The van der Waals surface area contributed by atoms with E-state index in [1.165, 1.54) is 51.6 Å². The van der Waals surface area contributed by atoms with Crippen molar-refractivity contribution in [2.45, 2.75) is 69.6 Å². The Hall–Kier alpha value is -1.39. The van der Waals surface area contributed by atoms with Crippen LogP contribution in [0.5, 0.6) is 0 Å². The smallest absolute Gasteiger partial charge is 0.227 e. The minimum Gasteiger partial charge on any atom is -0.378 e. The van der Waals surface area contributed by atoms with Crippen LogP contribution in [0.4, 0.5) is 0 Å². The average Bonchev–Trinajstić information content (AvgIpc) is 3.41. The zero-order chi connectivity index (χ0) is 18.6. The molecule has 4 rings (SSSR count). The third-order valence-corrected chi connectivity index (χ3v) is 7.01. The Morgan fingerprint density at radius 3 is 2.59 bits per heavy atom. The third kappa shape index (κ3) is 4.38. The van der Waals surface area contributed by atoms with E-state index >= 15 is 0 Å². The highest BCUT2D eigenvalue weighted by atomic mass is 16.5. The van der Waals surface area contributed by atoms with Crippen LogP contribution in [-0.2, 0) is 16.0 Å². The maximum absolute atomic E-state index is 13.1. The molecule has 3 unspecified atom stereocenters. The Balaban J connectivity index is 1.47. The first-order valence-corrected chi connectivity index (χ1v) is 10.9. The number of ether oxygens (including phenoxy) is 1. The van der Waals surface area contributed by atoms with E-state index in [1.54, 1.807) is 0 Å². The molecule has 1 aromatic carbocycles. The van der Waals surface area contributed by atoms with E-state index in [2.05, 4.69) is 21.9 Å². The molecule has 0 bridgehead atoms. The monoisotopic (exact) mass is 370 g/mol. The van der Waals surface area contributed by atoms with Crippen LogP contribution in [-0.4, -0.2) is 60.6 Å². The number of amides is 1. The molecule has 3 aliphatic rings. The first kappa shape index (κ1) is 18.9. The summed E-state index contributed by atoms with van der Waals surface area (Å²) in [5, 5.41) is 0. The highest BCUT2D eigenvalue weighted by Crippen LogP contribution is 2.37. The minimum atomic E-state index is 0.253. The molecule has 0 spiro atoms. The SMILES string of the molecule is CN(C(=O)Cc1ccccc1)C1CC(C2CCCO2)CC[C@@H]1N1CCCC1. The fraction of sp³-hybridized carbons (Fsp3) is 0.696. The predicted molar refractivity (Wildman–Crippen MR) is 108 cm³/mol. The van der Waals surface area contributed by atoms with Gasteiger partial charge in [0.1, 0.15) is 0 Å². The molecule has 4 heteroatoms. The van der Waals surface area contributed by atoms with Gasteiger partial charge in [-0.2, -0.15) is 0 Å². The first-order chi connectivity index (χ1) is 13.2. The van der Waals surface area contributed by atoms with Crippen molar-refractivity contribution in [3.63, 3.8) is 0 Å². The van der Waals surface area contributed by atoms with Crippen molar-refractivity contribution >= 4 is 5.91 Å². The van der Waals surface area contributed by atoms with Gasteiger partial charge >= 0.3 is 0 Å². The summed E-state index contributed by atoms with van der Waals surface area (Å²) in [5.74, 6) is 0.867. The van der Waals surface area contributed by atoms with Crippen molar-refractivity contribution in [1.29, 1.82) is 0 Å². The van der Waals surface area contributed by atoms with E-state index in [0.717, 1.165) is 18.6 Å². The van der Waals surface area contributed by atoms with E-state index in [9.17, 15) is 4.79 Å². The van der Waals surface area contributed by atoms with Crippen molar-refractivity contribution in [2.24, 2.45) is 5.92 Å². The van der Waals surface area contributed by atoms with Gasteiger partial charge in [0.05, 0.1) is 12.5 Å². The molecule has 27 heavy (non-hydrogen) atoms. The van der Waals surface area contributed by atoms with Crippen LogP contribution in [0.15, 0.2) is 30.3 Å². The Morgan fingerprint density at radius 2 is 1.89 bits per heavy atom. The number of hydrogen-bond acceptors (Lipinski definition) is 3. The van der Waals surface area contributed by atoms with Gasteiger partial charge in [-0.25, -0.2) is 0 Å². The van der Waals surface area contributed by atoms with Crippen LogP contribution >= 0.6 is 0 Å². The van der Waals surface area contributed by atoms with Gasteiger partial charge < -0.3 is 9.64 Å². The van der Waals surface area contributed by atoms with Gasteiger partial charge in [-0.3, -0.25) is 9.69 Å². The number of carbonyl (C=O) groups excluding carboxylic acids is 1. The molecule has 2 saturated heterocycles. The molecular weight excluding hydrogens is 336 g/mol. The van der Waals surface area contributed by atoms with Gasteiger partial charge in [0.15, 0.2) is 0 Å². The van der Waals surface area contributed by atoms with Crippen LogP contribution in [0.2, 0.25) is 0 Å². The van der Waals surface area contributed by atoms with Crippen LogP contribution in [0.1, 0.15) is 50.5 Å². The van der Waals surface area contributed by atoms with Crippen LogP contribution in [0.25, 0.3) is 0 Å². The van der Waals surface area contributed by atoms with E-state index in [4.69, 9.17) is 4.74 Å². The van der Waals surface area contributed by atoms with Crippen molar-refractivity contribution in [3.8, 4) is 0 Å². The topological polar surface area (TPSA) is 32.8 Å². The first-order valence-electron chi connectivity index (χ1n) is 10.9. The molecule has 0 N–H and O–H groups in total. The Kier molecular flexibility index (Phi) is 6.14. The number of likely N-dealkylation sites (N-methyl/N-ethyl adjacent to an activating group) is 1. The average molecular weight is 371 g/mol. The van der Waals surface area contributed by atoms with Crippen LogP contribution < -0.4 is 0 Å². The second kappa shape index (κ2) is 8.74. The van der Waals surface area contributed by atoms with Crippen molar-refractivity contribution in [1.82, 2.24) is 9.80 Å². The number of benzene rings is 1. The van der Waals surface area contributed by atoms with E-state index < -0.39 is 0 Å². The summed E-state index contributed by atoms with van der Waals surface area (Å²) in [6, 6.07) is 11.0. The lowest BCUT2D eigenvalue weighted by Crippen LogP contribution is -2.55. The number of nitrogens with zero attached hydrogens (tertiary/aromatic N) is 2. The molecule has 3 fully saturated rings. The molecule has 1 aromatic rings. The fourth-order valence-electron chi connectivity index (χ4n) is 5.47. The highest BCUT2D eigenvalue weighted by molar-refractivity contribution is 5.78. The van der Waals surface area contributed by atoms with Gasteiger partial charge in [0.2, 0.25) is 5.91 Å². The summed E-state index contributed by atoms with van der Waals surface area (Å²) >= 11 is 0. The third-order valence-electron chi connectivity index (χ3n) is 7.01. The molecule has 2 aliphatic heterocycles. The molecule has 148 valence electrons. The molecule has 1 saturated carbocycles. The number of likely N-dealkylation sites (tertiary alicyclic amines) is 1. The lowest BCUT2D eigenvalue weighted by molar-refractivity contribution is -0.134. The highest BCUT2D eigenvalue weighted by Gasteiger charge is 2.41. The fourth-order valence-corrected chi connectivity index (χ4v) is 5.47. The van der Waals surface area contributed by atoms with Gasteiger partial charge in [-0.15, -0.1) is 0 Å². The molecule has 1 amide bonds. The normalized spacial score (nSPS) is 31.9. The molecule has 4 nitrogen and oxygen atoms in total. The lowest BCUT2D eigenvalue weighted by atomic mass is 9.77. The summed E-state index contributed by atoms with van der Waals surface area (Å²) in [5.41, 5.74) is 1.11. The minimum absolute atomic E-state index is 0.253. The summed E-state index contributed by atoms with van der Waals surface area (Å²) in [6.45, 7) is 3.32. The molecule has 4 atom stereocenters.